The average Bonchev–Trinajstić information content (AvgIpc) is 2.98. The van der Waals surface area contributed by atoms with Crippen LogP contribution in [0.2, 0.25) is 0 Å². The van der Waals surface area contributed by atoms with Gasteiger partial charge in [-0.05, 0) is 33.2 Å². The lowest BCUT2D eigenvalue weighted by Gasteiger charge is -2.24. The summed E-state index contributed by atoms with van der Waals surface area (Å²) in [6, 6.07) is 10.1. The molecule has 1 amide bonds. The zero-order valence-corrected chi connectivity index (χ0v) is 15.7. The van der Waals surface area contributed by atoms with E-state index < -0.39 is 0 Å². The van der Waals surface area contributed by atoms with E-state index in [1.807, 2.05) is 32.0 Å². The third-order valence-corrected chi connectivity index (χ3v) is 5.62. The molecule has 0 aliphatic carbocycles. The molecule has 0 spiro atoms. The lowest BCUT2D eigenvalue weighted by atomic mass is 10.0. The van der Waals surface area contributed by atoms with E-state index in [1.165, 1.54) is 0 Å². The van der Waals surface area contributed by atoms with E-state index in [1.54, 1.807) is 11.3 Å². The van der Waals surface area contributed by atoms with Crippen LogP contribution in [0.25, 0.3) is 10.6 Å². The summed E-state index contributed by atoms with van der Waals surface area (Å²) in [5.74, 6) is 0.103. The van der Waals surface area contributed by atoms with E-state index >= 15 is 0 Å². The first-order valence-electron chi connectivity index (χ1n) is 8.21. The first-order chi connectivity index (χ1) is 11.1. The maximum absolute atomic E-state index is 12.4. The summed E-state index contributed by atoms with van der Waals surface area (Å²) in [4.78, 5) is 18.2. The fourth-order valence-electron chi connectivity index (χ4n) is 2.97. The fraction of sp³-hybridized carbons (Fsp3) is 0.444. The molecule has 2 heterocycles. The Morgan fingerprint density at radius 3 is 2.75 bits per heavy atom. The number of benzene rings is 1. The molecular weight excluding hydrogens is 342 g/mol. The Balaban J connectivity index is 0.00000208. The summed E-state index contributed by atoms with van der Waals surface area (Å²) >= 11 is 1.66. The van der Waals surface area contributed by atoms with E-state index in [0.717, 1.165) is 46.9 Å². The number of piperidine rings is 1. The van der Waals surface area contributed by atoms with Gasteiger partial charge in [0.1, 0.15) is 5.01 Å². The third-order valence-electron chi connectivity index (χ3n) is 4.23. The minimum atomic E-state index is -0.0481. The predicted octanol–water partition coefficient (Wildman–Crippen LogP) is 3.86. The highest BCUT2D eigenvalue weighted by Crippen LogP contribution is 2.31. The maximum Gasteiger partial charge on any atom is 0.237 e. The van der Waals surface area contributed by atoms with E-state index in [0.29, 0.717) is 0 Å². The Bertz CT molecular complexity index is 668. The van der Waals surface area contributed by atoms with E-state index in [-0.39, 0.29) is 30.4 Å². The minimum Gasteiger partial charge on any atom is -0.347 e. The molecule has 0 radical (unpaired) electrons. The first-order valence-corrected chi connectivity index (χ1v) is 9.03. The van der Waals surface area contributed by atoms with Gasteiger partial charge < -0.3 is 10.6 Å². The molecule has 4 nitrogen and oxygen atoms in total. The number of aromatic nitrogens is 1. The van der Waals surface area contributed by atoms with Crippen molar-refractivity contribution in [2.45, 2.75) is 45.2 Å². The quantitative estimate of drug-likeness (QED) is 0.865. The van der Waals surface area contributed by atoms with Crippen LogP contribution in [0.5, 0.6) is 0 Å². The summed E-state index contributed by atoms with van der Waals surface area (Å²) in [7, 11) is 0. The van der Waals surface area contributed by atoms with Crippen molar-refractivity contribution in [1.82, 2.24) is 15.6 Å². The van der Waals surface area contributed by atoms with E-state index in [9.17, 15) is 4.79 Å². The molecule has 1 fully saturated rings. The summed E-state index contributed by atoms with van der Waals surface area (Å²) < 4.78 is 0. The number of nitrogens with one attached hydrogen (secondary N) is 2. The van der Waals surface area contributed by atoms with Crippen LogP contribution in [0.1, 0.15) is 42.8 Å². The summed E-state index contributed by atoms with van der Waals surface area (Å²) in [5.41, 5.74) is 2.12. The number of nitrogens with zero attached hydrogens (tertiary/aromatic N) is 1. The summed E-state index contributed by atoms with van der Waals surface area (Å²) in [6.07, 6.45) is 3.21. The van der Waals surface area contributed by atoms with Crippen LogP contribution in [0.15, 0.2) is 30.3 Å². The normalized spacial score (nSPS) is 18.5. The minimum absolute atomic E-state index is 0. The van der Waals surface area contributed by atoms with Gasteiger partial charge in [-0.15, -0.1) is 23.7 Å². The number of hydrogen-bond acceptors (Lipinski definition) is 4. The SMILES string of the molecule is Cc1nc(-c2ccccc2)sc1C(C)NC(=O)C1CCCCN1.Cl. The predicted molar refractivity (Wildman–Crippen MR) is 102 cm³/mol. The van der Waals surface area contributed by atoms with Gasteiger partial charge in [-0.3, -0.25) is 4.79 Å². The molecule has 24 heavy (non-hydrogen) atoms. The summed E-state index contributed by atoms with van der Waals surface area (Å²) in [5, 5.41) is 7.45. The van der Waals surface area contributed by atoms with Crippen LogP contribution in [0.3, 0.4) is 0 Å². The van der Waals surface area contributed by atoms with Gasteiger partial charge in [-0.2, -0.15) is 0 Å². The molecule has 2 unspecified atom stereocenters. The average molecular weight is 366 g/mol. The Morgan fingerprint density at radius 1 is 1.33 bits per heavy atom. The highest BCUT2D eigenvalue weighted by molar-refractivity contribution is 7.15. The lowest BCUT2D eigenvalue weighted by Crippen LogP contribution is -2.47. The highest BCUT2D eigenvalue weighted by atomic mass is 35.5. The number of amides is 1. The molecule has 1 saturated heterocycles. The number of halogens is 1. The van der Waals surface area contributed by atoms with Crippen LogP contribution in [0.4, 0.5) is 0 Å². The zero-order chi connectivity index (χ0) is 16.2. The molecule has 1 aliphatic heterocycles. The van der Waals surface area contributed by atoms with Crippen LogP contribution in [0, 0.1) is 6.92 Å². The van der Waals surface area contributed by atoms with E-state index in [2.05, 4.69) is 27.8 Å². The topological polar surface area (TPSA) is 54.0 Å². The van der Waals surface area contributed by atoms with Crippen molar-refractivity contribution >= 4 is 29.7 Å². The van der Waals surface area contributed by atoms with Crippen LogP contribution in [-0.4, -0.2) is 23.5 Å². The second kappa shape index (κ2) is 8.60. The zero-order valence-electron chi connectivity index (χ0n) is 14.0. The number of carbonyl (C=O) groups excluding carboxylic acids is 1. The van der Waals surface area contributed by atoms with Crippen molar-refractivity contribution in [3.63, 3.8) is 0 Å². The molecule has 2 aromatic rings. The number of thiazole rings is 1. The number of aryl methyl sites for hydroxylation is 1. The molecule has 0 saturated carbocycles. The van der Waals surface area contributed by atoms with Crippen molar-refractivity contribution in [2.75, 3.05) is 6.54 Å². The molecule has 1 aromatic heterocycles. The van der Waals surface area contributed by atoms with Gasteiger partial charge in [-0.1, -0.05) is 36.8 Å². The monoisotopic (exact) mass is 365 g/mol. The Kier molecular flexibility index (Phi) is 6.78. The summed E-state index contributed by atoms with van der Waals surface area (Å²) in [6.45, 7) is 4.99. The Morgan fingerprint density at radius 2 is 2.08 bits per heavy atom. The molecular formula is C18H24ClN3OS. The molecule has 130 valence electrons. The number of carbonyl (C=O) groups is 1. The molecule has 1 aromatic carbocycles. The second-order valence-electron chi connectivity index (χ2n) is 6.07. The third kappa shape index (κ3) is 4.35. The standard InChI is InChI=1S/C18H23N3OS.ClH/c1-12(20-17(22)15-10-6-7-11-19-15)16-13(2)21-18(23-16)14-8-4-3-5-9-14;/h3-5,8-9,12,15,19H,6-7,10-11H2,1-2H3,(H,20,22);1H. The van der Waals surface area contributed by atoms with Crippen molar-refractivity contribution < 1.29 is 4.79 Å². The first kappa shape index (κ1) is 18.9. The van der Waals surface area contributed by atoms with E-state index in [4.69, 9.17) is 0 Å². The molecule has 6 heteroatoms. The maximum atomic E-state index is 12.4. The van der Waals surface area contributed by atoms with Crippen LogP contribution in [-0.2, 0) is 4.79 Å². The van der Waals surface area contributed by atoms with Gasteiger partial charge in [0.15, 0.2) is 0 Å². The molecule has 2 N–H and O–H groups in total. The van der Waals surface area contributed by atoms with Gasteiger partial charge in [0.25, 0.3) is 0 Å². The number of rotatable bonds is 4. The van der Waals surface area contributed by atoms with Crippen molar-refractivity contribution in [3.05, 3.63) is 40.9 Å². The molecule has 0 bridgehead atoms. The lowest BCUT2D eigenvalue weighted by molar-refractivity contribution is -0.124. The van der Waals surface area contributed by atoms with Gasteiger partial charge in [0.05, 0.1) is 22.7 Å². The fourth-order valence-corrected chi connectivity index (χ4v) is 4.04. The molecule has 3 rings (SSSR count). The smallest absolute Gasteiger partial charge is 0.237 e. The highest BCUT2D eigenvalue weighted by Gasteiger charge is 2.23. The molecule has 1 aliphatic rings. The van der Waals surface area contributed by atoms with Crippen LogP contribution < -0.4 is 10.6 Å². The largest absolute Gasteiger partial charge is 0.347 e. The Hall–Kier alpha value is -1.43. The van der Waals surface area contributed by atoms with Crippen molar-refractivity contribution in [3.8, 4) is 10.6 Å². The van der Waals surface area contributed by atoms with Gasteiger partial charge >= 0.3 is 0 Å². The second-order valence-corrected chi connectivity index (χ2v) is 7.10. The molecule has 2 atom stereocenters. The Labute approximate surface area is 153 Å². The van der Waals surface area contributed by atoms with Gasteiger partial charge in [0, 0.05) is 5.56 Å². The van der Waals surface area contributed by atoms with Gasteiger partial charge in [-0.25, -0.2) is 4.98 Å². The van der Waals surface area contributed by atoms with Crippen molar-refractivity contribution in [1.29, 1.82) is 0 Å². The van der Waals surface area contributed by atoms with Gasteiger partial charge in [0.2, 0.25) is 5.91 Å². The van der Waals surface area contributed by atoms with Crippen LogP contribution >= 0.6 is 23.7 Å². The van der Waals surface area contributed by atoms with Crippen molar-refractivity contribution in [2.24, 2.45) is 0 Å². The number of hydrogen-bond donors (Lipinski definition) is 2.